The second-order valence-electron chi connectivity index (χ2n) is 12.9. The van der Waals surface area contributed by atoms with Gasteiger partial charge in [0.1, 0.15) is 0 Å². The number of rotatable bonds is 4. The third kappa shape index (κ3) is 3.02. The highest BCUT2D eigenvalue weighted by atomic mass is 14.9. The van der Waals surface area contributed by atoms with Gasteiger partial charge >= 0.3 is 0 Å². The molecular formula is C27H48N2. The maximum Gasteiger partial charge on any atom is 0.0248 e. The summed E-state index contributed by atoms with van der Waals surface area (Å²) in [5.41, 5.74) is 16.5. The summed E-state index contributed by atoms with van der Waals surface area (Å²) < 4.78 is 0. The largest absolute Gasteiger partial charge is 0.328 e. The van der Waals surface area contributed by atoms with Crippen molar-refractivity contribution in [3.05, 3.63) is 12.2 Å². The molecule has 4 fully saturated rings. The standard InChI is InChI=1S/C27H48N2/c1-18(2)8-7-9-20-10-11-22-23-19(3)16-24(4)17-21(28)12-13-26(24,6)27(23,29)15-14-25(20,22)5/h19-23H,1,7-17,28-29H2,2-6H3/t19-,20-,21+,22-,23-,24+,25+,26-,27+/m0/s1. The molecular weight excluding hydrogens is 352 g/mol. The molecule has 0 radical (unpaired) electrons. The van der Waals surface area contributed by atoms with Crippen LogP contribution in [0.3, 0.4) is 0 Å². The van der Waals surface area contributed by atoms with Crippen LogP contribution >= 0.6 is 0 Å². The normalized spacial score (nSPS) is 54.4. The highest BCUT2D eigenvalue weighted by Crippen LogP contribution is 2.72. The number of hydrogen-bond acceptors (Lipinski definition) is 2. The van der Waals surface area contributed by atoms with E-state index >= 15 is 0 Å². The Hall–Kier alpha value is -0.340. The molecule has 166 valence electrons. The first-order valence-electron chi connectivity index (χ1n) is 12.7. The Labute approximate surface area is 180 Å². The van der Waals surface area contributed by atoms with E-state index in [1.165, 1.54) is 69.8 Å². The maximum absolute atomic E-state index is 7.62. The van der Waals surface area contributed by atoms with Crippen molar-refractivity contribution in [2.45, 2.75) is 117 Å². The Balaban J connectivity index is 1.62. The Morgan fingerprint density at radius 3 is 2.45 bits per heavy atom. The zero-order chi connectivity index (χ0) is 21.2. The number of fused-ring (bicyclic) bond motifs is 5. The lowest BCUT2D eigenvalue weighted by Crippen LogP contribution is -2.74. The summed E-state index contributed by atoms with van der Waals surface area (Å²) in [5.74, 6) is 3.13. The minimum absolute atomic E-state index is 0.00364. The van der Waals surface area contributed by atoms with Crippen molar-refractivity contribution < 1.29 is 0 Å². The highest BCUT2D eigenvalue weighted by molar-refractivity contribution is 5.22. The molecule has 2 nitrogen and oxygen atoms in total. The maximum atomic E-state index is 7.62. The van der Waals surface area contributed by atoms with Crippen LogP contribution in [0, 0.1) is 39.9 Å². The van der Waals surface area contributed by atoms with Gasteiger partial charge in [-0.3, -0.25) is 0 Å². The van der Waals surface area contributed by atoms with E-state index in [2.05, 4.69) is 41.2 Å². The fraction of sp³-hybridized carbons (Fsp3) is 0.926. The molecule has 0 saturated heterocycles. The Kier molecular flexibility index (Phi) is 5.35. The van der Waals surface area contributed by atoms with Gasteiger partial charge in [0.2, 0.25) is 0 Å². The SMILES string of the molecule is C=C(C)CCC[C@H]1CC[C@H]2[C@@H]3[C@@H](C)C[C@]4(C)C[C@H](N)CC[C@]4(C)[C@@]3(N)CC[C@]12C. The second kappa shape index (κ2) is 7.09. The lowest BCUT2D eigenvalue weighted by Gasteiger charge is -2.71. The molecule has 0 bridgehead atoms. The van der Waals surface area contributed by atoms with Crippen molar-refractivity contribution in [2.75, 3.05) is 0 Å². The minimum Gasteiger partial charge on any atom is -0.328 e. The van der Waals surface area contributed by atoms with Gasteiger partial charge < -0.3 is 11.5 Å². The molecule has 4 rings (SSSR count). The van der Waals surface area contributed by atoms with E-state index in [1.54, 1.807) is 0 Å². The summed E-state index contributed by atoms with van der Waals surface area (Å²) >= 11 is 0. The van der Waals surface area contributed by atoms with E-state index in [9.17, 15) is 0 Å². The average molecular weight is 401 g/mol. The molecule has 0 aromatic carbocycles. The van der Waals surface area contributed by atoms with Gasteiger partial charge in [-0.2, -0.15) is 0 Å². The number of nitrogens with two attached hydrogens (primary N) is 2. The van der Waals surface area contributed by atoms with Crippen LogP contribution in [-0.4, -0.2) is 11.6 Å². The lowest BCUT2D eigenvalue weighted by molar-refractivity contribution is -0.191. The van der Waals surface area contributed by atoms with Crippen LogP contribution in [0.2, 0.25) is 0 Å². The molecule has 0 aromatic heterocycles. The van der Waals surface area contributed by atoms with E-state index in [4.69, 9.17) is 11.5 Å². The summed E-state index contributed by atoms with van der Waals surface area (Å²) in [5, 5.41) is 0. The first kappa shape index (κ1) is 21.9. The monoisotopic (exact) mass is 400 g/mol. The van der Waals surface area contributed by atoms with Crippen molar-refractivity contribution in [3.63, 3.8) is 0 Å². The number of allylic oxidation sites excluding steroid dienone is 1. The molecule has 0 unspecified atom stereocenters. The van der Waals surface area contributed by atoms with Crippen molar-refractivity contribution in [1.29, 1.82) is 0 Å². The molecule has 2 heteroatoms. The zero-order valence-corrected chi connectivity index (χ0v) is 20.0. The summed E-state index contributed by atoms with van der Waals surface area (Å²) in [6, 6.07) is 0.374. The third-order valence-electron chi connectivity index (χ3n) is 11.3. The van der Waals surface area contributed by atoms with E-state index in [0.29, 0.717) is 22.8 Å². The van der Waals surface area contributed by atoms with Gasteiger partial charge in [-0.1, -0.05) is 33.3 Å². The van der Waals surface area contributed by atoms with Crippen LogP contribution < -0.4 is 11.5 Å². The molecule has 4 aliphatic rings. The summed E-state index contributed by atoms with van der Waals surface area (Å²) in [6.07, 6.45) is 14.2. The van der Waals surface area contributed by atoms with E-state index < -0.39 is 0 Å². The highest BCUT2D eigenvalue weighted by Gasteiger charge is 2.70. The molecule has 9 atom stereocenters. The van der Waals surface area contributed by atoms with Crippen molar-refractivity contribution in [1.82, 2.24) is 0 Å². The lowest BCUT2D eigenvalue weighted by atomic mass is 9.35. The van der Waals surface area contributed by atoms with Crippen LogP contribution in [0.5, 0.6) is 0 Å². The molecule has 0 heterocycles. The van der Waals surface area contributed by atoms with Crippen LogP contribution in [-0.2, 0) is 0 Å². The van der Waals surface area contributed by atoms with Gasteiger partial charge in [-0.15, -0.1) is 6.58 Å². The first-order valence-corrected chi connectivity index (χ1v) is 12.7. The molecule has 29 heavy (non-hydrogen) atoms. The van der Waals surface area contributed by atoms with Gasteiger partial charge in [0.15, 0.2) is 0 Å². The molecule has 0 spiro atoms. The van der Waals surface area contributed by atoms with Gasteiger partial charge in [-0.25, -0.2) is 0 Å². The number of hydrogen-bond donors (Lipinski definition) is 2. The molecule has 0 aliphatic heterocycles. The second-order valence-corrected chi connectivity index (χ2v) is 12.9. The van der Waals surface area contributed by atoms with Gasteiger partial charge in [0.25, 0.3) is 0 Å². The van der Waals surface area contributed by atoms with Crippen molar-refractivity contribution in [3.8, 4) is 0 Å². The molecule has 0 aromatic rings. The van der Waals surface area contributed by atoms with E-state index in [0.717, 1.165) is 24.2 Å². The fourth-order valence-corrected chi connectivity index (χ4v) is 9.62. The van der Waals surface area contributed by atoms with Gasteiger partial charge in [0, 0.05) is 11.6 Å². The summed E-state index contributed by atoms with van der Waals surface area (Å²) in [6.45, 7) is 16.6. The predicted octanol–water partition coefficient (Wildman–Crippen LogP) is 6.44. The van der Waals surface area contributed by atoms with Gasteiger partial charge in [-0.05, 0) is 117 Å². The van der Waals surface area contributed by atoms with Crippen LogP contribution in [0.4, 0.5) is 0 Å². The third-order valence-corrected chi connectivity index (χ3v) is 11.3. The predicted molar refractivity (Wildman–Crippen MR) is 124 cm³/mol. The Morgan fingerprint density at radius 1 is 1.03 bits per heavy atom. The molecule has 0 amide bonds. The smallest absolute Gasteiger partial charge is 0.0248 e. The van der Waals surface area contributed by atoms with Crippen LogP contribution in [0.15, 0.2) is 12.2 Å². The molecule has 4 N–H and O–H groups in total. The Morgan fingerprint density at radius 2 is 1.76 bits per heavy atom. The fourth-order valence-electron chi connectivity index (χ4n) is 9.62. The van der Waals surface area contributed by atoms with Crippen molar-refractivity contribution in [2.24, 2.45) is 51.4 Å². The Bertz CT molecular complexity index is 657. The average Bonchev–Trinajstić information content (AvgIpc) is 2.94. The molecule has 4 saturated carbocycles. The van der Waals surface area contributed by atoms with E-state index in [-0.39, 0.29) is 11.0 Å². The molecule has 4 aliphatic carbocycles. The first-order chi connectivity index (χ1) is 13.5. The summed E-state index contributed by atoms with van der Waals surface area (Å²) in [4.78, 5) is 0. The quantitative estimate of drug-likeness (QED) is 0.534. The zero-order valence-electron chi connectivity index (χ0n) is 20.0. The van der Waals surface area contributed by atoms with Crippen LogP contribution in [0.25, 0.3) is 0 Å². The summed E-state index contributed by atoms with van der Waals surface area (Å²) in [7, 11) is 0. The van der Waals surface area contributed by atoms with Crippen molar-refractivity contribution >= 4 is 0 Å². The van der Waals surface area contributed by atoms with Crippen LogP contribution in [0.1, 0.15) is 105 Å². The van der Waals surface area contributed by atoms with Gasteiger partial charge in [0.05, 0.1) is 0 Å². The minimum atomic E-state index is -0.00364. The topological polar surface area (TPSA) is 52.0 Å². The van der Waals surface area contributed by atoms with E-state index in [1.807, 2.05) is 0 Å².